The number of carbonyl (C=O) groups is 3. The van der Waals surface area contributed by atoms with E-state index in [4.69, 9.17) is 14.2 Å². The van der Waals surface area contributed by atoms with Gasteiger partial charge < -0.3 is 14.2 Å². The lowest BCUT2D eigenvalue weighted by Gasteiger charge is -2.18. The molecule has 0 saturated carbocycles. The Balaban J connectivity index is 4.26. The van der Waals surface area contributed by atoms with Crippen molar-refractivity contribution in [2.75, 3.05) is 13.2 Å². The Hall–Kier alpha value is -2.89. The number of esters is 3. The molecule has 0 aliphatic heterocycles. The Labute approximate surface area is 460 Å². The van der Waals surface area contributed by atoms with E-state index in [2.05, 4.69) is 81.5 Å². The van der Waals surface area contributed by atoms with Gasteiger partial charge in [-0.1, -0.05) is 293 Å². The van der Waals surface area contributed by atoms with Crippen molar-refractivity contribution in [2.45, 2.75) is 341 Å². The normalized spacial score (nSPS) is 12.4. The smallest absolute Gasteiger partial charge is 0.306 e. The summed E-state index contributed by atoms with van der Waals surface area (Å²) in [6, 6.07) is 0. The molecule has 0 spiro atoms. The van der Waals surface area contributed by atoms with E-state index in [1.807, 2.05) is 0 Å². The largest absolute Gasteiger partial charge is 0.462 e. The van der Waals surface area contributed by atoms with Crippen molar-refractivity contribution in [2.24, 2.45) is 0 Å². The summed E-state index contributed by atoms with van der Waals surface area (Å²) in [5, 5.41) is 0. The molecule has 0 saturated heterocycles. The SMILES string of the molecule is CC/C=C\C/C=C\C/C=C\C/C=C\CCCCCCCCCCCCCCC(=O)OCC(COC(=O)CCCCCCCCCCCCCC)OC(=O)CCCCCCCCCCC/C=C\CCCCCCCC. The van der Waals surface area contributed by atoms with Crippen LogP contribution in [0.3, 0.4) is 0 Å². The first-order valence-electron chi connectivity index (χ1n) is 32.3. The zero-order chi connectivity index (χ0) is 53.6. The van der Waals surface area contributed by atoms with Crippen molar-refractivity contribution in [3.05, 3.63) is 60.8 Å². The van der Waals surface area contributed by atoms with Crippen molar-refractivity contribution >= 4 is 17.9 Å². The minimum atomic E-state index is -0.774. The quantitative estimate of drug-likeness (QED) is 0.0261. The highest BCUT2D eigenvalue weighted by Gasteiger charge is 2.19. The topological polar surface area (TPSA) is 78.9 Å². The molecule has 0 amide bonds. The lowest BCUT2D eigenvalue weighted by molar-refractivity contribution is -0.167. The van der Waals surface area contributed by atoms with Gasteiger partial charge in [0, 0.05) is 19.3 Å². The Morgan fingerprint density at radius 2 is 0.527 bits per heavy atom. The molecular weight excluding hydrogens is 913 g/mol. The summed E-state index contributed by atoms with van der Waals surface area (Å²) >= 11 is 0. The molecule has 74 heavy (non-hydrogen) atoms. The predicted molar refractivity (Wildman–Crippen MR) is 321 cm³/mol. The van der Waals surface area contributed by atoms with Gasteiger partial charge in [0.15, 0.2) is 6.10 Å². The highest BCUT2D eigenvalue weighted by molar-refractivity contribution is 5.71. The number of ether oxygens (including phenoxy) is 3. The van der Waals surface area contributed by atoms with E-state index in [0.29, 0.717) is 19.3 Å². The minimum absolute atomic E-state index is 0.0712. The fourth-order valence-corrected chi connectivity index (χ4v) is 9.43. The van der Waals surface area contributed by atoms with Crippen LogP contribution in [0, 0.1) is 0 Å². The first kappa shape index (κ1) is 71.1. The van der Waals surface area contributed by atoms with E-state index in [1.54, 1.807) is 0 Å². The summed E-state index contributed by atoms with van der Waals surface area (Å²) in [5.41, 5.74) is 0. The van der Waals surface area contributed by atoms with Gasteiger partial charge in [-0.05, 0) is 83.5 Å². The molecule has 0 aliphatic carbocycles. The molecule has 0 aromatic carbocycles. The van der Waals surface area contributed by atoms with Crippen LogP contribution in [-0.2, 0) is 28.6 Å². The van der Waals surface area contributed by atoms with Gasteiger partial charge >= 0.3 is 17.9 Å². The molecule has 6 nitrogen and oxygen atoms in total. The molecule has 0 aromatic heterocycles. The maximum Gasteiger partial charge on any atom is 0.306 e. The maximum atomic E-state index is 12.9. The van der Waals surface area contributed by atoms with Crippen molar-refractivity contribution in [3.8, 4) is 0 Å². The Kier molecular flexibility index (Phi) is 60.2. The molecule has 0 radical (unpaired) electrons. The third-order valence-corrected chi connectivity index (χ3v) is 14.3. The third-order valence-electron chi connectivity index (χ3n) is 14.3. The molecule has 0 aromatic rings. The highest BCUT2D eigenvalue weighted by Crippen LogP contribution is 2.17. The zero-order valence-corrected chi connectivity index (χ0v) is 49.4. The summed E-state index contributed by atoms with van der Waals surface area (Å²) in [4.78, 5) is 38.3. The maximum absolute atomic E-state index is 12.9. The number of unbranched alkanes of at least 4 members (excludes halogenated alkanes) is 38. The zero-order valence-electron chi connectivity index (χ0n) is 49.4. The van der Waals surface area contributed by atoms with Gasteiger partial charge in [-0.15, -0.1) is 0 Å². The van der Waals surface area contributed by atoms with E-state index in [-0.39, 0.29) is 31.1 Å². The van der Waals surface area contributed by atoms with Gasteiger partial charge in [-0.3, -0.25) is 14.4 Å². The molecule has 6 heteroatoms. The van der Waals surface area contributed by atoms with E-state index >= 15 is 0 Å². The van der Waals surface area contributed by atoms with Crippen molar-refractivity contribution < 1.29 is 28.6 Å². The highest BCUT2D eigenvalue weighted by atomic mass is 16.6. The molecule has 0 N–H and O–H groups in total. The van der Waals surface area contributed by atoms with Crippen LogP contribution in [0.1, 0.15) is 335 Å². The van der Waals surface area contributed by atoms with Crippen LogP contribution in [0.4, 0.5) is 0 Å². The number of hydrogen-bond acceptors (Lipinski definition) is 6. The Morgan fingerprint density at radius 1 is 0.284 bits per heavy atom. The number of allylic oxidation sites excluding steroid dienone is 10. The van der Waals surface area contributed by atoms with Crippen LogP contribution in [0.2, 0.25) is 0 Å². The number of carbonyl (C=O) groups excluding carboxylic acids is 3. The minimum Gasteiger partial charge on any atom is -0.462 e. The fourth-order valence-electron chi connectivity index (χ4n) is 9.43. The lowest BCUT2D eigenvalue weighted by Crippen LogP contribution is -2.30. The van der Waals surface area contributed by atoms with E-state index < -0.39 is 6.10 Å². The van der Waals surface area contributed by atoms with Crippen molar-refractivity contribution in [1.82, 2.24) is 0 Å². The second-order valence-corrected chi connectivity index (χ2v) is 21.6. The monoisotopic (exact) mass is 1030 g/mol. The van der Waals surface area contributed by atoms with Crippen LogP contribution in [0.25, 0.3) is 0 Å². The second kappa shape index (κ2) is 62.6. The summed E-state index contributed by atoms with van der Waals surface area (Å²) in [5.74, 6) is -0.857. The van der Waals surface area contributed by atoms with Gasteiger partial charge in [0.25, 0.3) is 0 Å². The first-order chi connectivity index (χ1) is 36.5. The van der Waals surface area contributed by atoms with Gasteiger partial charge in [0.1, 0.15) is 13.2 Å². The van der Waals surface area contributed by atoms with Crippen molar-refractivity contribution in [1.29, 1.82) is 0 Å². The molecule has 0 fully saturated rings. The van der Waals surface area contributed by atoms with Crippen LogP contribution in [0.15, 0.2) is 60.8 Å². The van der Waals surface area contributed by atoms with Crippen LogP contribution in [-0.4, -0.2) is 37.2 Å². The van der Waals surface area contributed by atoms with E-state index in [9.17, 15) is 14.4 Å². The summed E-state index contributed by atoms with van der Waals surface area (Å²) < 4.78 is 16.9. The van der Waals surface area contributed by atoms with E-state index in [0.717, 1.165) is 83.5 Å². The molecule has 0 aliphatic rings. The van der Waals surface area contributed by atoms with E-state index in [1.165, 1.54) is 212 Å². The van der Waals surface area contributed by atoms with Crippen LogP contribution < -0.4 is 0 Å². The number of rotatable bonds is 59. The predicted octanol–water partition coefficient (Wildman–Crippen LogP) is 21.9. The van der Waals surface area contributed by atoms with Gasteiger partial charge in [0.05, 0.1) is 0 Å². The molecule has 1 unspecified atom stereocenters. The third kappa shape index (κ3) is 60.0. The summed E-state index contributed by atoms with van der Waals surface area (Å²) in [6.07, 6.45) is 79.4. The molecular formula is C68H122O6. The molecule has 1 atom stereocenters. The number of hydrogen-bond donors (Lipinski definition) is 0. The molecule has 430 valence electrons. The van der Waals surface area contributed by atoms with Gasteiger partial charge in [-0.25, -0.2) is 0 Å². The standard InChI is InChI=1S/C68H122O6/c1-4-7-10-13-16-19-22-25-27-29-31-32-33-34-35-36-38-39-41-43-46-49-52-55-58-61-67(70)73-64-65(63-72-66(69)60-57-54-51-48-45-24-21-18-15-12-9-6-3)74-68(71)62-59-56-53-50-47-44-42-40-37-30-28-26-23-20-17-14-11-8-5-2/h7,10,16,19,25-28,31-32,65H,4-6,8-9,11-15,17-18,20-24,29-30,33-64H2,1-3H3/b10-7-,19-16-,27-25-,28-26-,32-31-. The molecule has 0 heterocycles. The average molecular weight is 1040 g/mol. The molecule has 0 rings (SSSR count). The van der Waals surface area contributed by atoms with Crippen LogP contribution >= 0.6 is 0 Å². The Morgan fingerprint density at radius 3 is 0.838 bits per heavy atom. The summed E-state index contributed by atoms with van der Waals surface area (Å²) in [6.45, 7) is 6.56. The summed E-state index contributed by atoms with van der Waals surface area (Å²) in [7, 11) is 0. The Bertz CT molecular complexity index is 1330. The molecule has 0 bridgehead atoms. The lowest BCUT2D eigenvalue weighted by atomic mass is 10.0. The van der Waals surface area contributed by atoms with Crippen molar-refractivity contribution in [3.63, 3.8) is 0 Å². The average Bonchev–Trinajstić information content (AvgIpc) is 3.40. The second-order valence-electron chi connectivity index (χ2n) is 21.6. The van der Waals surface area contributed by atoms with Gasteiger partial charge in [-0.2, -0.15) is 0 Å². The van der Waals surface area contributed by atoms with Crippen LogP contribution in [0.5, 0.6) is 0 Å². The van der Waals surface area contributed by atoms with Gasteiger partial charge in [0.2, 0.25) is 0 Å². The fraction of sp³-hybridized carbons (Fsp3) is 0.809. The first-order valence-corrected chi connectivity index (χ1v) is 32.3.